The molecule has 0 aliphatic carbocycles. The maximum absolute atomic E-state index is 6.11. The van der Waals surface area contributed by atoms with Gasteiger partial charge in [-0.25, -0.2) is 9.67 Å². The molecule has 3 rings (SSSR count). The Balaban J connectivity index is 2.34. The zero-order chi connectivity index (χ0) is 15.1. The van der Waals surface area contributed by atoms with Crippen LogP contribution in [-0.2, 0) is 19.3 Å². The summed E-state index contributed by atoms with van der Waals surface area (Å²) >= 11 is 9.65. The molecule has 0 aliphatic rings. The van der Waals surface area contributed by atoms with Crippen molar-refractivity contribution in [2.45, 2.75) is 26.1 Å². The van der Waals surface area contributed by atoms with Crippen LogP contribution in [0.25, 0.3) is 16.9 Å². The van der Waals surface area contributed by atoms with Gasteiger partial charge in [-0.3, -0.25) is 4.57 Å². The molecule has 2 heterocycles. The molecule has 0 saturated heterocycles. The lowest BCUT2D eigenvalue weighted by Gasteiger charge is -2.10. The lowest BCUT2D eigenvalue weighted by Crippen LogP contribution is -2.04. The average Bonchev–Trinajstić information content (AvgIpc) is 2.99. The number of alkyl halides is 1. The van der Waals surface area contributed by atoms with Gasteiger partial charge in [0.25, 0.3) is 0 Å². The molecule has 0 unspecified atom stereocenters. The van der Waals surface area contributed by atoms with Gasteiger partial charge < -0.3 is 0 Å². The highest BCUT2D eigenvalue weighted by Crippen LogP contribution is 2.27. The van der Waals surface area contributed by atoms with E-state index in [1.165, 1.54) is 5.56 Å². The highest BCUT2D eigenvalue weighted by atomic mass is 79.9. The summed E-state index contributed by atoms with van der Waals surface area (Å²) in [6.07, 6.45) is 0.857. The minimum atomic E-state index is 0.368. The first-order chi connectivity index (χ1) is 10.1. The molecule has 3 aromatic rings. The normalized spacial score (nSPS) is 11.5. The van der Waals surface area contributed by atoms with E-state index < -0.39 is 0 Å². The van der Waals surface area contributed by atoms with Crippen molar-refractivity contribution in [1.82, 2.24) is 19.3 Å². The third kappa shape index (κ3) is 2.28. The predicted molar refractivity (Wildman–Crippen MR) is 89.2 cm³/mol. The second-order valence-electron chi connectivity index (χ2n) is 5.03. The first-order valence-electron chi connectivity index (χ1n) is 6.82. The van der Waals surface area contributed by atoms with Gasteiger partial charge in [-0.1, -0.05) is 22.9 Å². The van der Waals surface area contributed by atoms with Crippen LogP contribution in [0.4, 0.5) is 0 Å². The SMILES string of the molecule is CCc1nn(C)c2c1nc(CCl)n2-c1ccc(Br)c(C)c1. The maximum atomic E-state index is 6.11. The zero-order valence-electron chi connectivity index (χ0n) is 12.2. The monoisotopic (exact) mass is 366 g/mol. The van der Waals surface area contributed by atoms with Gasteiger partial charge in [0.05, 0.1) is 11.6 Å². The maximum Gasteiger partial charge on any atom is 0.163 e. The quantitative estimate of drug-likeness (QED) is 0.652. The predicted octanol–water partition coefficient (Wildman–Crippen LogP) is 4.13. The Hall–Kier alpha value is -1.33. The van der Waals surface area contributed by atoms with Crippen LogP contribution in [0, 0.1) is 6.92 Å². The number of aryl methyl sites for hydroxylation is 3. The zero-order valence-corrected chi connectivity index (χ0v) is 14.5. The molecule has 1 aromatic carbocycles. The molecule has 0 aliphatic heterocycles. The van der Waals surface area contributed by atoms with Gasteiger partial charge in [0.2, 0.25) is 0 Å². The highest BCUT2D eigenvalue weighted by molar-refractivity contribution is 9.10. The number of rotatable bonds is 3. The van der Waals surface area contributed by atoms with Crippen molar-refractivity contribution >= 4 is 38.7 Å². The Morgan fingerprint density at radius 2 is 2.10 bits per heavy atom. The van der Waals surface area contributed by atoms with Crippen molar-refractivity contribution in [3.05, 3.63) is 39.8 Å². The molecule has 21 heavy (non-hydrogen) atoms. The van der Waals surface area contributed by atoms with Gasteiger partial charge in [-0.15, -0.1) is 11.6 Å². The van der Waals surface area contributed by atoms with E-state index in [1.54, 1.807) is 0 Å². The number of benzene rings is 1. The van der Waals surface area contributed by atoms with Crippen LogP contribution in [0.5, 0.6) is 0 Å². The molecule has 0 radical (unpaired) electrons. The van der Waals surface area contributed by atoms with Crippen LogP contribution in [0.2, 0.25) is 0 Å². The standard InChI is InChI=1S/C15H16BrClN4/c1-4-12-14-15(20(3)19-12)21(13(8-17)18-14)10-5-6-11(16)9(2)7-10/h5-7H,4,8H2,1-3H3. The van der Waals surface area contributed by atoms with Gasteiger partial charge >= 0.3 is 0 Å². The molecule has 0 bridgehead atoms. The number of hydrogen-bond acceptors (Lipinski definition) is 2. The Morgan fingerprint density at radius 3 is 2.71 bits per heavy atom. The van der Waals surface area contributed by atoms with Gasteiger partial charge in [0, 0.05) is 17.2 Å². The topological polar surface area (TPSA) is 35.6 Å². The molecule has 6 heteroatoms. The summed E-state index contributed by atoms with van der Waals surface area (Å²) in [5.74, 6) is 1.21. The molecule has 110 valence electrons. The van der Waals surface area contributed by atoms with Gasteiger partial charge in [-0.05, 0) is 37.1 Å². The fraction of sp³-hybridized carbons (Fsp3) is 0.333. The Kier molecular flexibility index (Phi) is 3.80. The summed E-state index contributed by atoms with van der Waals surface area (Å²) in [5.41, 5.74) is 5.17. The second-order valence-corrected chi connectivity index (χ2v) is 6.15. The fourth-order valence-corrected chi connectivity index (χ4v) is 3.02. The van der Waals surface area contributed by atoms with E-state index in [9.17, 15) is 0 Å². The van der Waals surface area contributed by atoms with Crippen molar-refractivity contribution in [2.24, 2.45) is 7.05 Å². The van der Waals surface area contributed by atoms with E-state index in [0.29, 0.717) is 5.88 Å². The Morgan fingerprint density at radius 1 is 1.33 bits per heavy atom. The molecule has 4 nitrogen and oxygen atoms in total. The van der Waals surface area contributed by atoms with E-state index in [2.05, 4.69) is 56.6 Å². The van der Waals surface area contributed by atoms with E-state index in [4.69, 9.17) is 11.6 Å². The molecule has 0 saturated carbocycles. The summed E-state index contributed by atoms with van der Waals surface area (Å²) in [6, 6.07) is 6.23. The number of hydrogen-bond donors (Lipinski definition) is 0. The van der Waals surface area contributed by atoms with Crippen LogP contribution in [0.1, 0.15) is 24.0 Å². The minimum Gasteiger partial charge on any atom is -0.280 e. The number of imidazole rings is 1. The molecule has 0 atom stereocenters. The van der Waals surface area contributed by atoms with Crippen LogP contribution in [-0.4, -0.2) is 19.3 Å². The van der Waals surface area contributed by atoms with Crippen molar-refractivity contribution in [1.29, 1.82) is 0 Å². The largest absolute Gasteiger partial charge is 0.280 e. The van der Waals surface area contributed by atoms with Crippen LogP contribution < -0.4 is 0 Å². The molecule has 0 spiro atoms. The number of halogens is 2. The molecule has 2 aromatic heterocycles. The van der Waals surface area contributed by atoms with E-state index >= 15 is 0 Å². The van der Waals surface area contributed by atoms with Crippen LogP contribution >= 0.6 is 27.5 Å². The van der Waals surface area contributed by atoms with Gasteiger partial charge in [0.15, 0.2) is 5.65 Å². The lowest BCUT2D eigenvalue weighted by atomic mass is 10.2. The number of fused-ring (bicyclic) bond motifs is 1. The molecule has 0 N–H and O–H groups in total. The smallest absolute Gasteiger partial charge is 0.163 e. The molecule has 0 fully saturated rings. The fourth-order valence-electron chi connectivity index (χ4n) is 2.59. The minimum absolute atomic E-state index is 0.368. The summed E-state index contributed by atoms with van der Waals surface area (Å²) < 4.78 is 5.07. The van der Waals surface area contributed by atoms with E-state index in [-0.39, 0.29) is 0 Å². The van der Waals surface area contributed by atoms with Crippen molar-refractivity contribution in [3.63, 3.8) is 0 Å². The van der Waals surface area contributed by atoms with E-state index in [0.717, 1.165) is 39.3 Å². The van der Waals surface area contributed by atoms with Crippen molar-refractivity contribution < 1.29 is 0 Å². The van der Waals surface area contributed by atoms with Crippen LogP contribution in [0.3, 0.4) is 0 Å². The number of nitrogens with zero attached hydrogens (tertiary/aromatic N) is 4. The van der Waals surface area contributed by atoms with Gasteiger partial charge in [0.1, 0.15) is 11.3 Å². The Labute approximate surface area is 136 Å². The van der Waals surface area contributed by atoms with Gasteiger partial charge in [-0.2, -0.15) is 5.10 Å². The molecular weight excluding hydrogens is 352 g/mol. The highest BCUT2D eigenvalue weighted by Gasteiger charge is 2.19. The summed E-state index contributed by atoms with van der Waals surface area (Å²) in [6.45, 7) is 4.16. The first-order valence-corrected chi connectivity index (χ1v) is 8.15. The lowest BCUT2D eigenvalue weighted by molar-refractivity contribution is 0.744. The average molecular weight is 368 g/mol. The summed E-state index contributed by atoms with van der Waals surface area (Å²) in [5, 5.41) is 4.55. The van der Waals surface area contributed by atoms with Crippen molar-refractivity contribution in [3.8, 4) is 5.69 Å². The van der Waals surface area contributed by atoms with Crippen LogP contribution in [0.15, 0.2) is 22.7 Å². The summed E-state index contributed by atoms with van der Waals surface area (Å²) in [4.78, 5) is 4.69. The molecular formula is C15H16BrClN4. The summed E-state index contributed by atoms with van der Waals surface area (Å²) in [7, 11) is 1.95. The van der Waals surface area contributed by atoms with Crippen molar-refractivity contribution in [2.75, 3.05) is 0 Å². The number of aromatic nitrogens is 4. The second kappa shape index (κ2) is 5.46. The molecule has 0 amide bonds. The first kappa shape index (κ1) is 14.6. The third-order valence-electron chi connectivity index (χ3n) is 3.63. The Bertz CT molecular complexity index is 819. The van der Waals surface area contributed by atoms with E-state index in [1.807, 2.05) is 17.8 Å². The third-order valence-corrected chi connectivity index (χ3v) is 4.76.